The maximum atomic E-state index is 5.77. The number of nitrogens with two attached hydrogens (primary N) is 1. The molecule has 1 saturated heterocycles. The predicted molar refractivity (Wildman–Crippen MR) is 64.3 cm³/mol. The predicted octanol–water partition coefficient (Wildman–Crippen LogP) is 1.59. The SMILES string of the molecule is NCc1cncc2c1ncn2C1CCCCO1. The van der Waals surface area contributed by atoms with Crippen molar-refractivity contribution in [2.45, 2.75) is 32.0 Å². The largest absolute Gasteiger partial charge is 0.358 e. The maximum absolute atomic E-state index is 5.77. The molecule has 90 valence electrons. The fourth-order valence-electron chi connectivity index (χ4n) is 2.33. The molecule has 17 heavy (non-hydrogen) atoms. The Bertz CT molecular complexity index is 516. The third kappa shape index (κ3) is 1.81. The number of hydrogen-bond donors (Lipinski definition) is 1. The van der Waals surface area contributed by atoms with E-state index in [1.165, 1.54) is 6.42 Å². The van der Waals surface area contributed by atoms with Gasteiger partial charge in [-0.1, -0.05) is 0 Å². The van der Waals surface area contributed by atoms with Crippen LogP contribution < -0.4 is 5.73 Å². The number of aromatic nitrogens is 3. The molecule has 0 aromatic carbocycles. The molecule has 2 aromatic heterocycles. The highest BCUT2D eigenvalue weighted by Crippen LogP contribution is 2.26. The Balaban J connectivity index is 2.05. The Morgan fingerprint density at radius 2 is 2.35 bits per heavy atom. The van der Waals surface area contributed by atoms with E-state index in [4.69, 9.17) is 10.5 Å². The summed E-state index contributed by atoms with van der Waals surface area (Å²) in [6.07, 6.45) is 8.94. The molecule has 1 atom stereocenters. The van der Waals surface area contributed by atoms with Gasteiger partial charge in [0.05, 0.1) is 23.6 Å². The highest BCUT2D eigenvalue weighted by Gasteiger charge is 2.18. The molecule has 1 aliphatic rings. The van der Waals surface area contributed by atoms with Crippen molar-refractivity contribution in [1.29, 1.82) is 0 Å². The summed E-state index contributed by atoms with van der Waals surface area (Å²) in [5.74, 6) is 0. The van der Waals surface area contributed by atoms with Crippen LogP contribution in [-0.4, -0.2) is 21.1 Å². The molecular weight excluding hydrogens is 216 g/mol. The summed E-state index contributed by atoms with van der Waals surface area (Å²) in [6, 6.07) is 0. The quantitative estimate of drug-likeness (QED) is 0.853. The fraction of sp³-hybridized carbons (Fsp3) is 0.500. The van der Waals surface area contributed by atoms with Gasteiger partial charge in [-0.2, -0.15) is 0 Å². The molecule has 0 amide bonds. The van der Waals surface area contributed by atoms with Gasteiger partial charge in [0, 0.05) is 24.9 Å². The average molecular weight is 232 g/mol. The van der Waals surface area contributed by atoms with Crippen LogP contribution in [0, 0.1) is 0 Å². The molecule has 3 heterocycles. The standard InChI is InChI=1S/C12H16N4O/c13-5-9-6-14-7-10-12(9)15-8-16(10)11-3-1-2-4-17-11/h6-8,11H,1-5,13H2. The first-order valence-corrected chi connectivity index (χ1v) is 6.01. The minimum atomic E-state index is 0.101. The van der Waals surface area contributed by atoms with E-state index in [1.807, 2.05) is 12.5 Å². The Hall–Kier alpha value is -1.46. The number of pyridine rings is 1. The van der Waals surface area contributed by atoms with E-state index in [2.05, 4.69) is 14.5 Å². The summed E-state index contributed by atoms with van der Waals surface area (Å²) in [4.78, 5) is 8.64. The van der Waals surface area contributed by atoms with Gasteiger partial charge in [0.15, 0.2) is 0 Å². The second-order valence-corrected chi connectivity index (χ2v) is 4.34. The van der Waals surface area contributed by atoms with Crippen LogP contribution in [0.25, 0.3) is 11.0 Å². The molecule has 1 unspecified atom stereocenters. The van der Waals surface area contributed by atoms with Crippen LogP contribution in [-0.2, 0) is 11.3 Å². The smallest absolute Gasteiger partial charge is 0.135 e. The van der Waals surface area contributed by atoms with Crippen LogP contribution in [0.2, 0.25) is 0 Å². The number of ether oxygens (including phenoxy) is 1. The zero-order chi connectivity index (χ0) is 11.7. The lowest BCUT2D eigenvalue weighted by atomic mass is 10.2. The first kappa shape index (κ1) is 10.7. The molecule has 0 spiro atoms. The normalized spacial score (nSPS) is 20.9. The van der Waals surface area contributed by atoms with Gasteiger partial charge in [-0.15, -0.1) is 0 Å². The minimum Gasteiger partial charge on any atom is -0.358 e. The van der Waals surface area contributed by atoms with Crippen molar-refractivity contribution in [2.24, 2.45) is 5.73 Å². The van der Waals surface area contributed by atoms with E-state index in [0.717, 1.165) is 36.0 Å². The summed E-state index contributed by atoms with van der Waals surface area (Å²) in [5, 5.41) is 0. The van der Waals surface area contributed by atoms with E-state index < -0.39 is 0 Å². The zero-order valence-electron chi connectivity index (χ0n) is 9.67. The molecule has 0 saturated carbocycles. The summed E-state index contributed by atoms with van der Waals surface area (Å²) >= 11 is 0. The fourth-order valence-corrected chi connectivity index (χ4v) is 2.33. The van der Waals surface area contributed by atoms with Crippen molar-refractivity contribution in [2.75, 3.05) is 6.61 Å². The second kappa shape index (κ2) is 4.43. The van der Waals surface area contributed by atoms with Crippen LogP contribution in [0.3, 0.4) is 0 Å². The number of rotatable bonds is 2. The van der Waals surface area contributed by atoms with Crippen LogP contribution >= 0.6 is 0 Å². The molecule has 0 radical (unpaired) electrons. The van der Waals surface area contributed by atoms with Crippen molar-refractivity contribution >= 4 is 11.0 Å². The van der Waals surface area contributed by atoms with Crippen LogP contribution in [0.1, 0.15) is 31.1 Å². The lowest BCUT2D eigenvalue weighted by Gasteiger charge is -2.24. The number of imidazole rings is 1. The first-order chi connectivity index (χ1) is 8.40. The third-order valence-corrected chi connectivity index (χ3v) is 3.25. The third-order valence-electron chi connectivity index (χ3n) is 3.25. The zero-order valence-corrected chi connectivity index (χ0v) is 9.67. The van der Waals surface area contributed by atoms with Crippen LogP contribution in [0.5, 0.6) is 0 Å². The molecule has 1 aliphatic heterocycles. The summed E-state index contributed by atoms with van der Waals surface area (Å²) < 4.78 is 7.84. The Labute approximate surface area is 99.6 Å². The molecule has 2 aromatic rings. The monoisotopic (exact) mass is 232 g/mol. The van der Waals surface area contributed by atoms with Crippen molar-refractivity contribution in [3.63, 3.8) is 0 Å². The molecule has 1 fully saturated rings. The highest BCUT2D eigenvalue weighted by atomic mass is 16.5. The number of nitrogens with zero attached hydrogens (tertiary/aromatic N) is 3. The summed E-state index contributed by atoms with van der Waals surface area (Å²) in [7, 11) is 0. The van der Waals surface area contributed by atoms with E-state index in [-0.39, 0.29) is 6.23 Å². The molecule has 5 heteroatoms. The highest BCUT2D eigenvalue weighted by molar-refractivity contribution is 5.77. The van der Waals surface area contributed by atoms with E-state index in [1.54, 1.807) is 6.20 Å². The molecule has 5 nitrogen and oxygen atoms in total. The van der Waals surface area contributed by atoms with Gasteiger partial charge >= 0.3 is 0 Å². The van der Waals surface area contributed by atoms with Crippen molar-refractivity contribution in [3.05, 3.63) is 24.3 Å². The molecule has 0 bridgehead atoms. The maximum Gasteiger partial charge on any atom is 0.135 e. The van der Waals surface area contributed by atoms with E-state index in [9.17, 15) is 0 Å². The van der Waals surface area contributed by atoms with Crippen molar-refractivity contribution in [3.8, 4) is 0 Å². The van der Waals surface area contributed by atoms with Gasteiger partial charge in [0.25, 0.3) is 0 Å². The number of hydrogen-bond acceptors (Lipinski definition) is 4. The molecule has 3 rings (SSSR count). The van der Waals surface area contributed by atoms with Gasteiger partial charge in [0.1, 0.15) is 6.23 Å². The summed E-state index contributed by atoms with van der Waals surface area (Å²) in [6.45, 7) is 1.29. The van der Waals surface area contributed by atoms with Gasteiger partial charge in [-0.25, -0.2) is 4.98 Å². The summed E-state index contributed by atoms with van der Waals surface area (Å²) in [5.41, 5.74) is 8.62. The Morgan fingerprint density at radius 1 is 1.41 bits per heavy atom. The first-order valence-electron chi connectivity index (χ1n) is 6.01. The molecular formula is C12H16N4O. The van der Waals surface area contributed by atoms with Crippen molar-refractivity contribution in [1.82, 2.24) is 14.5 Å². The Morgan fingerprint density at radius 3 is 3.12 bits per heavy atom. The Kier molecular flexibility index (Phi) is 2.78. The van der Waals surface area contributed by atoms with Crippen LogP contribution in [0.4, 0.5) is 0 Å². The average Bonchev–Trinajstić information content (AvgIpc) is 2.83. The molecule has 0 aliphatic carbocycles. The lowest BCUT2D eigenvalue weighted by Crippen LogP contribution is -2.17. The van der Waals surface area contributed by atoms with E-state index >= 15 is 0 Å². The van der Waals surface area contributed by atoms with Gasteiger partial charge in [-0.05, 0) is 19.3 Å². The number of fused-ring (bicyclic) bond motifs is 1. The minimum absolute atomic E-state index is 0.101. The van der Waals surface area contributed by atoms with Gasteiger partial charge in [-0.3, -0.25) is 4.98 Å². The van der Waals surface area contributed by atoms with Crippen LogP contribution in [0.15, 0.2) is 18.7 Å². The van der Waals surface area contributed by atoms with Crippen molar-refractivity contribution < 1.29 is 4.74 Å². The van der Waals surface area contributed by atoms with Gasteiger partial charge in [0.2, 0.25) is 0 Å². The second-order valence-electron chi connectivity index (χ2n) is 4.34. The van der Waals surface area contributed by atoms with Gasteiger partial charge < -0.3 is 15.0 Å². The molecule has 2 N–H and O–H groups in total. The topological polar surface area (TPSA) is 66.0 Å². The lowest BCUT2D eigenvalue weighted by molar-refractivity contribution is -0.0295. The van der Waals surface area contributed by atoms with E-state index in [0.29, 0.717) is 6.54 Å².